The molecule has 44 heavy (non-hydrogen) atoms. The summed E-state index contributed by atoms with van der Waals surface area (Å²) in [5, 5.41) is 10.9. The van der Waals surface area contributed by atoms with E-state index in [4.69, 9.17) is 21.1 Å². The van der Waals surface area contributed by atoms with Crippen molar-refractivity contribution in [1.82, 2.24) is 5.43 Å². The third kappa shape index (κ3) is 4.56. The molecule has 0 aromatic heterocycles. The van der Waals surface area contributed by atoms with Crippen molar-refractivity contribution < 1.29 is 19.4 Å². The van der Waals surface area contributed by atoms with Gasteiger partial charge in [-0.05, 0) is 90.8 Å². The molecule has 0 amide bonds. The van der Waals surface area contributed by atoms with Crippen molar-refractivity contribution in [3.05, 3.63) is 11.6 Å². The van der Waals surface area contributed by atoms with E-state index in [0.717, 1.165) is 38.5 Å². The SMILES string of the molecule is CC(C)[C@@H](C)[C@@]1(C)CC[C@]2(C)[C@H]3CC[C@H]4C5(C)COC[C@@]4(C[C@@H](NN)[C@@H]5OC[C@](C)(N)C(C)(C)C)C3=CC[C@@]2(C)[C@@H]1C(=O)O. The second-order valence-electron chi connectivity index (χ2n) is 18.7. The van der Waals surface area contributed by atoms with Gasteiger partial charge in [-0.2, -0.15) is 0 Å². The van der Waals surface area contributed by atoms with Crippen LogP contribution in [0.3, 0.4) is 0 Å². The minimum absolute atomic E-state index is 0.0232. The minimum Gasteiger partial charge on any atom is -0.481 e. The van der Waals surface area contributed by atoms with Crippen LogP contribution in [-0.4, -0.2) is 48.6 Å². The van der Waals surface area contributed by atoms with E-state index in [1.54, 1.807) is 0 Å². The molecule has 1 heterocycles. The van der Waals surface area contributed by atoms with Gasteiger partial charge in [0.25, 0.3) is 0 Å². The number of nitrogens with two attached hydrogens (primary N) is 2. The van der Waals surface area contributed by atoms with E-state index < -0.39 is 11.5 Å². The van der Waals surface area contributed by atoms with Crippen LogP contribution >= 0.6 is 0 Å². The van der Waals surface area contributed by atoms with Gasteiger partial charge >= 0.3 is 5.97 Å². The maximum Gasteiger partial charge on any atom is 0.307 e. The summed E-state index contributed by atoms with van der Waals surface area (Å²) in [5.74, 6) is 6.89. The fourth-order valence-electron chi connectivity index (χ4n) is 11.6. The molecule has 12 atom stereocenters. The minimum atomic E-state index is -0.613. The topological polar surface area (TPSA) is 120 Å². The fourth-order valence-corrected chi connectivity index (χ4v) is 11.6. The smallest absolute Gasteiger partial charge is 0.307 e. The van der Waals surface area contributed by atoms with Crippen molar-refractivity contribution in [1.29, 1.82) is 0 Å². The third-order valence-corrected chi connectivity index (χ3v) is 15.6. The number of nitrogens with one attached hydrogen (secondary N) is 1. The molecule has 4 aliphatic carbocycles. The number of allylic oxidation sites excluding steroid dienone is 1. The first-order valence-electron chi connectivity index (χ1n) is 17.5. The van der Waals surface area contributed by atoms with Crippen LogP contribution in [0.25, 0.3) is 0 Å². The summed E-state index contributed by atoms with van der Waals surface area (Å²) in [5.41, 5.74) is 9.95. The Balaban J connectivity index is 1.54. The molecule has 7 heteroatoms. The fraction of sp³-hybridized carbons (Fsp3) is 0.919. The molecule has 0 aromatic carbocycles. The van der Waals surface area contributed by atoms with E-state index in [9.17, 15) is 9.90 Å². The predicted molar refractivity (Wildman–Crippen MR) is 176 cm³/mol. The molecular formula is C37H65N3O4. The van der Waals surface area contributed by atoms with Crippen LogP contribution in [0.15, 0.2) is 11.6 Å². The molecule has 7 nitrogen and oxygen atoms in total. The lowest BCUT2D eigenvalue weighted by atomic mass is 9.34. The van der Waals surface area contributed by atoms with Gasteiger partial charge in [0.1, 0.15) is 0 Å². The molecule has 4 fully saturated rings. The van der Waals surface area contributed by atoms with Crippen molar-refractivity contribution in [2.24, 2.45) is 73.7 Å². The molecular weight excluding hydrogens is 550 g/mol. The number of aliphatic carboxylic acids is 1. The van der Waals surface area contributed by atoms with Crippen molar-refractivity contribution in [2.45, 2.75) is 132 Å². The number of rotatable bonds is 7. The normalized spacial score (nSPS) is 47.5. The van der Waals surface area contributed by atoms with Crippen LogP contribution in [0.5, 0.6) is 0 Å². The zero-order chi connectivity index (χ0) is 32.9. The van der Waals surface area contributed by atoms with Gasteiger partial charge in [-0.1, -0.05) is 80.9 Å². The molecule has 0 aromatic rings. The highest BCUT2D eigenvalue weighted by atomic mass is 16.5. The lowest BCUT2D eigenvalue weighted by molar-refractivity contribution is -0.247. The molecule has 1 saturated heterocycles. The zero-order valence-electron chi connectivity index (χ0n) is 29.8. The quantitative estimate of drug-likeness (QED) is 0.146. The van der Waals surface area contributed by atoms with E-state index >= 15 is 0 Å². The number of hydrogen-bond donors (Lipinski definition) is 4. The van der Waals surface area contributed by atoms with Gasteiger partial charge in [0.2, 0.25) is 0 Å². The second-order valence-corrected chi connectivity index (χ2v) is 18.7. The van der Waals surface area contributed by atoms with Crippen LogP contribution in [0.1, 0.15) is 115 Å². The highest BCUT2D eigenvalue weighted by Gasteiger charge is 2.71. The number of hydrogen-bond acceptors (Lipinski definition) is 6. The van der Waals surface area contributed by atoms with Crippen molar-refractivity contribution >= 4 is 5.97 Å². The number of hydrazine groups is 1. The van der Waals surface area contributed by atoms with Gasteiger partial charge in [0.15, 0.2) is 0 Å². The largest absolute Gasteiger partial charge is 0.481 e. The Bertz CT molecular complexity index is 1160. The molecule has 6 N–H and O–H groups in total. The van der Waals surface area contributed by atoms with E-state index in [1.807, 2.05) is 0 Å². The van der Waals surface area contributed by atoms with Crippen molar-refractivity contribution in [3.63, 3.8) is 0 Å². The van der Waals surface area contributed by atoms with Crippen LogP contribution in [0.2, 0.25) is 0 Å². The Kier molecular flexibility index (Phi) is 8.40. The third-order valence-electron chi connectivity index (χ3n) is 15.6. The van der Waals surface area contributed by atoms with Crippen molar-refractivity contribution in [2.75, 3.05) is 19.8 Å². The average molecular weight is 616 g/mol. The highest BCUT2D eigenvalue weighted by Crippen LogP contribution is 2.74. The first kappa shape index (κ1) is 34.3. The number of carbonyl (C=O) groups is 1. The van der Waals surface area contributed by atoms with E-state index in [-0.39, 0.29) is 50.6 Å². The van der Waals surface area contributed by atoms with Gasteiger partial charge in [-0.3, -0.25) is 16.1 Å². The summed E-state index contributed by atoms with van der Waals surface area (Å²) in [7, 11) is 0. The first-order chi connectivity index (χ1) is 20.2. The van der Waals surface area contributed by atoms with Gasteiger partial charge in [-0.25, -0.2) is 0 Å². The maximum atomic E-state index is 13.3. The first-order valence-corrected chi connectivity index (χ1v) is 17.5. The van der Waals surface area contributed by atoms with Gasteiger partial charge < -0.3 is 20.3 Å². The summed E-state index contributed by atoms with van der Waals surface area (Å²) in [6.45, 7) is 26.6. The second kappa shape index (κ2) is 10.8. The molecule has 5 aliphatic rings. The lowest BCUT2D eigenvalue weighted by Crippen LogP contribution is -2.72. The van der Waals surface area contributed by atoms with E-state index in [2.05, 4.69) is 87.7 Å². The summed E-state index contributed by atoms with van der Waals surface area (Å²) >= 11 is 0. The molecule has 1 aliphatic heterocycles. The lowest BCUT2D eigenvalue weighted by Gasteiger charge is -2.71. The summed E-state index contributed by atoms with van der Waals surface area (Å²) in [6, 6.07) is -0.0232. The van der Waals surface area contributed by atoms with E-state index in [1.165, 1.54) is 5.57 Å². The molecule has 0 spiro atoms. The molecule has 1 unspecified atom stereocenters. The average Bonchev–Trinajstić information content (AvgIpc) is 2.91. The Morgan fingerprint density at radius 2 is 1.75 bits per heavy atom. The van der Waals surface area contributed by atoms with E-state index in [0.29, 0.717) is 43.5 Å². The van der Waals surface area contributed by atoms with Crippen LogP contribution in [-0.2, 0) is 14.3 Å². The Morgan fingerprint density at radius 3 is 2.32 bits per heavy atom. The standard InChI is InChI=1S/C37H65N3O4/c1-22(2)23(3)32(7)16-17-34(9)24-12-13-27-33(8)19-43-21-37(27,25(24)14-15-35(34,10)28(32)30(41)42)18-26(40-39)29(33)44-20-36(11,38)31(4,5)6/h14,22-24,26-29,40H,12-13,15-21,38-39H2,1-11H3,(H,41,42)/t23-,24+,26-,27+,28-,29+,32-,33?,34-,35+,36+,37+/m1/s1. The van der Waals surface area contributed by atoms with Crippen LogP contribution in [0, 0.1) is 62.1 Å². The van der Waals surface area contributed by atoms with Gasteiger partial charge in [0, 0.05) is 22.4 Å². The highest BCUT2D eigenvalue weighted by molar-refractivity contribution is 5.73. The Morgan fingerprint density at radius 1 is 1.09 bits per heavy atom. The Hall–Kier alpha value is -0.990. The number of carboxylic acid groups (broad SMARTS) is 1. The van der Waals surface area contributed by atoms with Gasteiger partial charge in [0.05, 0.1) is 31.8 Å². The molecule has 0 radical (unpaired) electrons. The van der Waals surface area contributed by atoms with Crippen LogP contribution < -0.4 is 17.0 Å². The number of carboxylic acids is 1. The number of fused-ring (bicyclic) bond motifs is 3. The Labute approximate surface area is 268 Å². The van der Waals surface area contributed by atoms with Crippen LogP contribution in [0.4, 0.5) is 0 Å². The summed E-state index contributed by atoms with van der Waals surface area (Å²) in [6.07, 6.45) is 8.27. The van der Waals surface area contributed by atoms with Crippen molar-refractivity contribution in [3.8, 4) is 0 Å². The zero-order valence-corrected chi connectivity index (χ0v) is 29.8. The van der Waals surface area contributed by atoms with Gasteiger partial charge in [-0.15, -0.1) is 0 Å². The maximum absolute atomic E-state index is 13.3. The molecule has 252 valence electrons. The molecule has 2 bridgehead atoms. The number of ether oxygens (including phenoxy) is 2. The summed E-state index contributed by atoms with van der Waals surface area (Å²) < 4.78 is 13.4. The monoisotopic (exact) mass is 615 g/mol. The summed E-state index contributed by atoms with van der Waals surface area (Å²) in [4.78, 5) is 13.3. The molecule has 3 saturated carbocycles. The molecule has 5 rings (SSSR count). The predicted octanol–water partition coefficient (Wildman–Crippen LogP) is 6.56.